The summed E-state index contributed by atoms with van der Waals surface area (Å²) in [5, 5.41) is -0.275. The Labute approximate surface area is 197 Å². The summed E-state index contributed by atoms with van der Waals surface area (Å²) < 4.78 is 40.8. The van der Waals surface area contributed by atoms with E-state index in [4.69, 9.17) is 11.6 Å². The Morgan fingerprint density at radius 1 is 0.939 bits per heavy atom. The van der Waals surface area contributed by atoms with Crippen molar-refractivity contribution in [2.75, 3.05) is 30.9 Å². The van der Waals surface area contributed by atoms with E-state index in [1.807, 2.05) is 18.2 Å². The molecule has 0 radical (unpaired) electrons. The van der Waals surface area contributed by atoms with E-state index < -0.39 is 15.8 Å². The van der Waals surface area contributed by atoms with Gasteiger partial charge in [-0.3, -0.25) is 14.4 Å². The van der Waals surface area contributed by atoms with Crippen LogP contribution in [0.4, 0.5) is 10.1 Å². The smallest absolute Gasteiger partial charge is 0.261 e. The number of nitrogens with one attached hydrogen (secondary N) is 1. The van der Waals surface area contributed by atoms with Crippen LogP contribution in [0.25, 0.3) is 0 Å². The quantitative estimate of drug-likeness (QED) is 0.564. The molecule has 1 saturated heterocycles. The van der Waals surface area contributed by atoms with Crippen LogP contribution in [0.5, 0.6) is 0 Å². The molecule has 0 saturated carbocycles. The minimum Gasteiger partial charge on any atom is -0.336 e. The van der Waals surface area contributed by atoms with Crippen molar-refractivity contribution in [2.45, 2.75) is 11.4 Å². The maximum Gasteiger partial charge on any atom is 0.261 e. The lowest BCUT2D eigenvalue weighted by Crippen LogP contribution is -2.48. The number of carbonyl (C=O) groups is 1. The van der Waals surface area contributed by atoms with E-state index in [9.17, 15) is 17.6 Å². The fourth-order valence-electron chi connectivity index (χ4n) is 3.67. The van der Waals surface area contributed by atoms with E-state index in [2.05, 4.69) is 21.8 Å². The van der Waals surface area contributed by atoms with Crippen LogP contribution >= 0.6 is 11.6 Å². The van der Waals surface area contributed by atoms with Crippen molar-refractivity contribution in [1.29, 1.82) is 0 Å². The first-order valence-corrected chi connectivity index (χ1v) is 12.3. The summed E-state index contributed by atoms with van der Waals surface area (Å²) in [5.74, 6) is -0.784. The zero-order chi connectivity index (χ0) is 23.4. The Morgan fingerprint density at radius 3 is 2.24 bits per heavy atom. The molecule has 1 fully saturated rings. The number of halogens is 2. The maximum atomic E-state index is 13.3. The molecule has 1 N–H and O–H groups in total. The average Bonchev–Trinajstić information content (AvgIpc) is 2.82. The largest absolute Gasteiger partial charge is 0.336 e. The molecule has 172 valence electrons. The number of rotatable bonds is 6. The predicted octanol–water partition coefficient (Wildman–Crippen LogP) is 4.24. The number of amides is 1. The fourth-order valence-corrected chi connectivity index (χ4v) is 5.00. The molecule has 9 heteroatoms. The van der Waals surface area contributed by atoms with Crippen LogP contribution in [-0.4, -0.2) is 50.3 Å². The van der Waals surface area contributed by atoms with E-state index in [0.717, 1.165) is 37.8 Å². The average molecular weight is 488 g/mol. The molecule has 0 spiro atoms. The van der Waals surface area contributed by atoms with Gasteiger partial charge in [-0.25, -0.2) is 12.8 Å². The van der Waals surface area contributed by atoms with Gasteiger partial charge in [-0.2, -0.15) is 0 Å². The molecular weight excluding hydrogens is 465 g/mol. The van der Waals surface area contributed by atoms with Gasteiger partial charge in [0.25, 0.3) is 15.9 Å². The number of sulfonamides is 1. The summed E-state index contributed by atoms with van der Waals surface area (Å²) in [7, 11) is -3.94. The second kappa shape index (κ2) is 9.91. The van der Waals surface area contributed by atoms with E-state index in [-0.39, 0.29) is 15.8 Å². The highest BCUT2D eigenvalue weighted by Crippen LogP contribution is 2.22. The zero-order valence-electron chi connectivity index (χ0n) is 17.7. The molecule has 1 heterocycles. The number of anilines is 1. The molecular formula is C24H23ClFN3O3S. The van der Waals surface area contributed by atoms with Gasteiger partial charge in [-0.15, -0.1) is 0 Å². The van der Waals surface area contributed by atoms with Gasteiger partial charge in [0, 0.05) is 44.0 Å². The summed E-state index contributed by atoms with van der Waals surface area (Å²) in [6, 6.07) is 19.7. The lowest BCUT2D eigenvalue weighted by Gasteiger charge is -2.34. The van der Waals surface area contributed by atoms with Crippen LogP contribution in [0.1, 0.15) is 15.9 Å². The Balaban J connectivity index is 1.35. The molecule has 1 amide bonds. The van der Waals surface area contributed by atoms with Crippen molar-refractivity contribution >= 4 is 33.2 Å². The first kappa shape index (κ1) is 23.2. The minimum absolute atomic E-state index is 0.0888. The number of hydrogen-bond acceptors (Lipinski definition) is 4. The number of benzene rings is 3. The van der Waals surface area contributed by atoms with E-state index in [1.54, 1.807) is 17.0 Å². The molecule has 4 rings (SSSR count). The van der Waals surface area contributed by atoms with E-state index >= 15 is 0 Å². The van der Waals surface area contributed by atoms with E-state index in [1.165, 1.54) is 17.7 Å². The van der Waals surface area contributed by atoms with Gasteiger partial charge >= 0.3 is 0 Å². The molecule has 0 unspecified atom stereocenters. The maximum absolute atomic E-state index is 13.3. The molecule has 1 aliphatic rings. The lowest BCUT2D eigenvalue weighted by molar-refractivity contribution is 0.0628. The van der Waals surface area contributed by atoms with Crippen LogP contribution in [0.2, 0.25) is 5.02 Å². The fraction of sp³-hybridized carbons (Fsp3) is 0.208. The van der Waals surface area contributed by atoms with Crippen molar-refractivity contribution in [1.82, 2.24) is 9.80 Å². The van der Waals surface area contributed by atoms with Crippen molar-refractivity contribution in [3.8, 4) is 0 Å². The van der Waals surface area contributed by atoms with Crippen molar-refractivity contribution in [2.24, 2.45) is 0 Å². The van der Waals surface area contributed by atoms with Crippen LogP contribution in [0, 0.1) is 5.82 Å². The van der Waals surface area contributed by atoms with Gasteiger partial charge in [-0.05, 0) is 48.0 Å². The van der Waals surface area contributed by atoms with Crippen LogP contribution < -0.4 is 4.72 Å². The van der Waals surface area contributed by atoms with Crippen molar-refractivity contribution in [3.63, 3.8) is 0 Å². The minimum atomic E-state index is -3.94. The highest BCUT2D eigenvalue weighted by Gasteiger charge is 2.22. The molecule has 3 aromatic rings. The predicted molar refractivity (Wildman–Crippen MR) is 126 cm³/mol. The van der Waals surface area contributed by atoms with Crippen LogP contribution in [0.15, 0.2) is 77.7 Å². The summed E-state index contributed by atoms with van der Waals surface area (Å²) in [5.41, 5.74) is 2.03. The summed E-state index contributed by atoms with van der Waals surface area (Å²) in [6.07, 6.45) is 0. The Hall–Kier alpha value is -2.94. The number of carbonyl (C=O) groups excluding carboxylic acids is 1. The Morgan fingerprint density at radius 2 is 1.61 bits per heavy atom. The molecule has 0 aliphatic carbocycles. The van der Waals surface area contributed by atoms with Gasteiger partial charge in [-0.1, -0.05) is 41.9 Å². The highest BCUT2D eigenvalue weighted by molar-refractivity contribution is 7.92. The molecule has 1 aliphatic heterocycles. The summed E-state index contributed by atoms with van der Waals surface area (Å²) >= 11 is 5.69. The highest BCUT2D eigenvalue weighted by atomic mass is 35.5. The second-order valence-corrected chi connectivity index (χ2v) is 9.90. The van der Waals surface area contributed by atoms with Gasteiger partial charge in [0.2, 0.25) is 0 Å². The Bertz CT molecular complexity index is 1230. The zero-order valence-corrected chi connectivity index (χ0v) is 19.3. The monoisotopic (exact) mass is 487 g/mol. The lowest BCUT2D eigenvalue weighted by atomic mass is 10.1. The second-order valence-electron chi connectivity index (χ2n) is 7.81. The van der Waals surface area contributed by atoms with Gasteiger partial charge in [0.15, 0.2) is 0 Å². The molecule has 0 aromatic heterocycles. The first-order valence-electron chi connectivity index (χ1n) is 10.5. The van der Waals surface area contributed by atoms with Gasteiger partial charge < -0.3 is 4.90 Å². The topological polar surface area (TPSA) is 69.7 Å². The van der Waals surface area contributed by atoms with Crippen molar-refractivity contribution < 1.29 is 17.6 Å². The molecule has 33 heavy (non-hydrogen) atoms. The Kier molecular flexibility index (Phi) is 6.97. The van der Waals surface area contributed by atoms with Crippen LogP contribution in [-0.2, 0) is 16.6 Å². The third-order valence-corrected chi connectivity index (χ3v) is 7.16. The molecule has 6 nitrogen and oxygen atoms in total. The van der Waals surface area contributed by atoms with Gasteiger partial charge in [0.05, 0.1) is 9.92 Å². The standard InChI is InChI=1S/C24H23ClFN3O3S/c25-22-16-21(10-11-23(22)26)33(31,32)27-20-8-6-19(7-9-20)24(30)29-14-12-28(13-15-29)17-18-4-2-1-3-5-18/h1-11,16,27H,12-15,17H2. The molecule has 3 aromatic carbocycles. The number of nitrogens with zero attached hydrogens (tertiary/aromatic N) is 2. The SMILES string of the molecule is O=C(c1ccc(NS(=O)(=O)c2ccc(F)c(Cl)c2)cc1)N1CCN(Cc2ccccc2)CC1. The van der Waals surface area contributed by atoms with Gasteiger partial charge in [0.1, 0.15) is 5.82 Å². The van der Waals surface area contributed by atoms with E-state index in [0.29, 0.717) is 24.3 Å². The first-order chi connectivity index (χ1) is 15.8. The normalized spacial score (nSPS) is 14.8. The summed E-state index contributed by atoms with van der Waals surface area (Å²) in [4.78, 5) is 16.8. The summed E-state index contributed by atoms with van der Waals surface area (Å²) in [6.45, 7) is 3.70. The number of piperazine rings is 1. The third-order valence-electron chi connectivity index (χ3n) is 5.49. The van der Waals surface area contributed by atoms with Crippen molar-refractivity contribution in [3.05, 3.63) is 94.8 Å². The molecule has 0 atom stereocenters. The third kappa shape index (κ3) is 5.71. The number of hydrogen-bond donors (Lipinski definition) is 1. The molecule has 0 bridgehead atoms. The van der Waals surface area contributed by atoms with Crippen LogP contribution in [0.3, 0.4) is 0 Å².